The van der Waals surface area contributed by atoms with E-state index in [1.165, 1.54) is 6.07 Å². The molecule has 6 nitrogen and oxygen atoms in total. The number of benzene rings is 1. The Hall–Kier alpha value is -1.76. The first-order chi connectivity index (χ1) is 11.6. The van der Waals surface area contributed by atoms with E-state index in [0.717, 1.165) is 45.4 Å². The van der Waals surface area contributed by atoms with Gasteiger partial charge >= 0.3 is 0 Å². The van der Waals surface area contributed by atoms with E-state index in [-0.39, 0.29) is 17.2 Å². The van der Waals surface area contributed by atoms with Gasteiger partial charge in [-0.3, -0.25) is 15.0 Å². The number of likely N-dealkylation sites (tertiary alicyclic amines) is 1. The van der Waals surface area contributed by atoms with Crippen LogP contribution in [0.4, 0.5) is 5.69 Å². The Kier molecular flexibility index (Phi) is 7.36. The summed E-state index contributed by atoms with van der Waals surface area (Å²) in [5.74, 6) is 0. The molecule has 0 atom stereocenters. The Morgan fingerprint density at radius 2 is 2.08 bits per heavy atom. The maximum Gasteiger partial charge on any atom is 0.276 e. The zero-order valence-electron chi connectivity index (χ0n) is 14.3. The van der Waals surface area contributed by atoms with E-state index >= 15 is 0 Å². The molecular formula is C18H27N3O3. The molecule has 1 saturated heterocycles. The summed E-state index contributed by atoms with van der Waals surface area (Å²) in [6.45, 7) is 4.09. The van der Waals surface area contributed by atoms with E-state index in [2.05, 4.69) is 16.8 Å². The van der Waals surface area contributed by atoms with Crippen molar-refractivity contribution in [1.82, 2.24) is 9.80 Å². The highest BCUT2D eigenvalue weighted by Crippen LogP contribution is 2.19. The number of nitrogens with zero attached hydrogens (tertiary/aromatic N) is 3. The van der Waals surface area contributed by atoms with Crippen molar-refractivity contribution >= 4 is 11.8 Å². The highest BCUT2D eigenvalue weighted by Gasteiger charge is 2.21. The van der Waals surface area contributed by atoms with Crippen molar-refractivity contribution in [3.05, 3.63) is 46.0 Å². The third-order valence-corrected chi connectivity index (χ3v) is 4.64. The standard InChI is InChI=1S/C18H27N3O3/c1-19(11-5-15-22)17-9-13-20(14-10-17)12-4-7-16-6-2-3-8-18(16)21(23)24/h2-4,6-8,17,22H,5,9-15H2,1H3/b7-4+. The van der Waals surface area contributed by atoms with Gasteiger partial charge in [-0.1, -0.05) is 24.3 Å². The second-order valence-electron chi connectivity index (χ2n) is 6.31. The predicted molar refractivity (Wildman–Crippen MR) is 95.9 cm³/mol. The van der Waals surface area contributed by atoms with Gasteiger partial charge in [0, 0.05) is 31.8 Å². The van der Waals surface area contributed by atoms with Gasteiger partial charge in [0.1, 0.15) is 0 Å². The molecule has 0 unspecified atom stereocenters. The van der Waals surface area contributed by atoms with Gasteiger partial charge in [0.2, 0.25) is 0 Å². The van der Waals surface area contributed by atoms with Crippen molar-refractivity contribution in [2.24, 2.45) is 0 Å². The lowest BCUT2D eigenvalue weighted by Crippen LogP contribution is -2.43. The van der Waals surface area contributed by atoms with E-state index in [4.69, 9.17) is 5.11 Å². The Labute approximate surface area is 143 Å². The van der Waals surface area contributed by atoms with Crippen LogP contribution < -0.4 is 0 Å². The monoisotopic (exact) mass is 333 g/mol. The Morgan fingerprint density at radius 1 is 1.38 bits per heavy atom. The highest BCUT2D eigenvalue weighted by molar-refractivity contribution is 5.60. The summed E-state index contributed by atoms with van der Waals surface area (Å²) in [6.07, 6.45) is 6.94. The third-order valence-electron chi connectivity index (χ3n) is 4.64. The van der Waals surface area contributed by atoms with Crippen molar-refractivity contribution in [3.8, 4) is 0 Å². The lowest BCUT2D eigenvalue weighted by atomic mass is 10.0. The summed E-state index contributed by atoms with van der Waals surface area (Å²) in [5, 5.41) is 19.9. The summed E-state index contributed by atoms with van der Waals surface area (Å²) in [7, 11) is 2.13. The Bertz CT molecular complexity index is 554. The first-order valence-electron chi connectivity index (χ1n) is 8.55. The zero-order chi connectivity index (χ0) is 17.4. The van der Waals surface area contributed by atoms with Crippen LogP contribution in [0.25, 0.3) is 6.08 Å². The molecule has 2 rings (SSSR count). The van der Waals surface area contributed by atoms with Crippen LogP contribution in [0.5, 0.6) is 0 Å². The topological polar surface area (TPSA) is 69.8 Å². The van der Waals surface area contributed by atoms with Crippen molar-refractivity contribution < 1.29 is 10.0 Å². The van der Waals surface area contributed by atoms with Crippen LogP contribution in [0.1, 0.15) is 24.8 Å². The lowest BCUT2D eigenvalue weighted by molar-refractivity contribution is -0.385. The summed E-state index contributed by atoms with van der Waals surface area (Å²) in [6, 6.07) is 7.41. The fourth-order valence-corrected chi connectivity index (χ4v) is 3.17. The van der Waals surface area contributed by atoms with Crippen LogP contribution in [0.2, 0.25) is 0 Å². The molecule has 24 heavy (non-hydrogen) atoms. The van der Waals surface area contributed by atoms with Crippen molar-refractivity contribution in [2.75, 3.05) is 39.8 Å². The van der Waals surface area contributed by atoms with Gasteiger partial charge in [0.25, 0.3) is 5.69 Å². The first kappa shape index (κ1) is 18.6. The molecule has 0 aromatic heterocycles. The molecule has 1 aromatic rings. The SMILES string of the molecule is CN(CCCO)C1CCN(C/C=C/c2ccccc2[N+](=O)[O-])CC1. The van der Waals surface area contributed by atoms with Gasteiger partial charge in [-0.05, 0) is 45.5 Å². The van der Waals surface area contributed by atoms with Gasteiger partial charge in [0.15, 0.2) is 0 Å². The van der Waals surface area contributed by atoms with Gasteiger partial charge in [-0.15, -0.1) is 0 Å². The minimum Gasteiger partial charge on any atom is -0.396 e. The summed E-state index contributed by atoms with van der Waals surface area (Å²) >= 11 is 0. The van der Waals surface area contributed by atoms with Crippen LogP contribution in [0, 0.1) is 10.1 Å². The van der Waals surface area contributed by atoms with Crippen LogP contribution in [0.3, 0.4) is 0 Å². The summed E-state index contributed by atoms with van der Waals surface area (Å²) in [4.78, 5) is 15.4. The van der Waals surface area contributed by atoms with Crippen LogP contribution in [0.15, 0.2) is 30.3 Å². The lowest BCUT2D eigenvalue weighted by Gasteiger charge is -2.36. The van der Waals surface area contributed by atoms with Gasteiger partial charge in [0.05, 0.1) is 10.5 Å². The second-order valence-corrected chi connectivity index (χ2v) is 6.31. The molecule has 0 aliphatic carbocycles. The molecule has 1 heterocycles. The van der Waals surface area contributed by atoms with Crippen LogP contribution in [-0.4, -0.2) is 65.7 Å². The molecule has 132 valence electrons. The highest BCUT2D eigenvalue weighted by atomic mass is 16.6. The average Bonchev–Trinajstić information content (AvgIpc) is 2.60. The number of piperidine rings is 1. The summed E-state index contributed by atoms with van der Waals surface area (Å²) < 4.78 is 0. The largest absolute Gasteiger partial charge is 0.396 e. The number of rotatable bonds is 8. The minimum atomic E-state index is -0.340. The number of nitro groups is 1. The maximum atomic E-state index is 11.0. The van der Waals surface area contributed by atoms with E-state index in [1.807, 2.05) is 18.2 Å². The second kappa shape index (κ2) is 9.52. The molecule has 1 aliphatic heterocycles. The van der Waals surface area contributed by atoms with E-state index in [0.29, 0.717) is 11.6 Å². The predicted octanol–water partition coefficient (Wildman–Crippen LogP) is 2.39. The molecule has 0 saturated carbocycles. The van der Waals surface area contributed by atoms with E-state index in [1.54, 1.807) is 12.1 Å². The van der Waals surface area contributed by atoms with Gasteiger partial charge in [-0.2, -0.15) is 0 Å². The number of para-hydroxylation sites is 1. The van der Waals surface area contributed by atoms with Gasteiger partial charge in [-0.25, -0.2) is 0 Å². The molecule has 1 aliphatic rings. The smallest absolute Gasteiger partial charge is 0.276 e. The molecule has 1 N–H and O–H groups in total. The van der Waals surface area contributed by atoms with E-state index in [9.17, 15) is 10.1 Å². The first-order valence-corrected chi connectivity index (χ1v) is 8.55. The zero-order valence-corrected chi connectivity index (χ0v) is 14.3. The molecule has 6 heteroatoms. The number of aliphatic hydroxyl groups excluding tert-OH is 1. The normalized spacial score (nSPS) is 17.0. The fourth-order valence-electron chi connectivity index (χ4n) is 3.17. The Morgan fingerprint density at radius 3 is 2.75 bits per heavy atom. The maximum absolute atomic E-state index is 11.0. The average molecular weight is 333 g/mol. The molecule has 0 radical (unpaired) electrons. The van der Waals surface area contributed by atoms with Gasteiger partial charge < -0.3 is 10.0 Å². The summed E-state index contributed by atoms with van der Waals surface area (Å²) in [5.41, 5.74) is 0.805. The molecule has 1 aromatic carbocycles. The van der Waals surface area contributed by atoms with Crippen LogP contribution >= 0.6 is 0 Å². The Balaban J connectivity index is 1.79. The van der Waals surface area contributed by atoms with Crippen LogP contribution in [-0.2, 0) is 0 Å². The molecular weight excluding hydrogens is 306 g/mol. The van der Waals surface area contributed by atoms with Crippen molar-refractivity contribution in [3.63, 3.8) is 0 Å². The number of aliphatic hydroxyl groups is 1. The number of nitro benzene ring substituents is 1. The molecule has 0 spiro atoms. The minimum absolute atomic E-state index is 0.151. The molecule has 0 bridgehead atoms. The quantitative estimate of drug-likeness (QED) is 0.584. The molecule has 0 amide bonds. The number of hydrogen-bond donors (Lipinski definition) is 1. The number of hydrogen-bond acceptors (Lipinski definition) is 5. The van der Waals surface area contributed by atoms with E-state index < -0.39 is 0 Å². The fraction of sp³-hybridized carbons (Fsp3) is 0.556. The third kappa shape index (κ3) is 5.40. The molecule has 1 fully saturated rings. The van der Waals surface area contributed by atoms with Crippen molar-refractivity contribution in [1.29, 1.82) is 0 Å². The van der Waals surface area contributed by atoms with Crippen molar-refractivity contribution in [2.45, 2.75) is 25.3 Å².